The van der Waals surface area contributed by atoms with Gasteiger partial charge in [-0.2, -0.15) is 0 Å². The fourth-order valence-corrected chi connectivity index (χ4v) is 5.28. The third-order valence-corrected chi connectivity index (χ3v) is 7.20. The Morgan fingerprint density at radius 3 is 2.49 bits per heavy atom. The summed E-state index contributed by atoms with van der Waals surface area (Å²) in [7, 11) is 0. The van der Waals surface area contributed by atoms with Gasteiger partial charge in [0.15, 0.2) is 5.76 Å². The number of carbonyl (C=O) groups excluding carboxylic acids is 3. The summed E-state index contributed by atoms with van der Waals surface area (Å²) in [5.74, 6) is -0.819. The molecule has 1 aliphatic carbocycles. The van der Waals surface area contributed by atoms with Crippen LogP contribution in [0.25, 0.3) is 0 Å². The van der Waals surface area contributed by atoms with Gasteiger partial charge in [-0.15, -0.1) is 11.3 Å². The van der Waals surface area contributed by atoms with Crippen LogP contribution in [0, 0.1) is 0 Å². The molecule has 0 spiro atoms. The van der Waals surface area contributed by atoms with E-state index in [2.05, 4.69) is 10.6 Å². The maximum Gasteiger partial charge on any atom is 0.287 e. The summed E-state index contributed by atoms with van der Waals surface area (Å²) in [4.78, 5) is 41.8. The third-order valence-electron chi connectivity index (χ3n) is 6.27. The first kappa shape index (κ1) is 24.7. The number of nitrogens with zero attached hydrogens (tertiary/aromatic N) is 1. The smallest absolute Gasteiger partial charge is 0.287 e. The molecule has 3 amide bonds. The minimum atomic E-state index is -0.756. The van der Waals surface area contributed by atoms with Crippen LogP contribution >= 0.6 is 11.3 Å². The maximum absolute atomic E-state index is 13.6. The average Bonchev–Trinajstić information content (AvgIpc) is 3.61. The molecule has 2 heterocycles. The van der Waals surface area contributed by atoms with Crippen molar-refractivity contribution < 1.29 is 18.8 Å². The fraction of sp³-hybridized carbons (Fsp3) is 0.370. The lowest BCUT2D eigenvalue weighted by Gasteiger charge is -2.33. The van der Waals surface area contributed by atoms with Crippen molar-refractivity contribution in [1.29, 1.82) is 0 Å². The zero-order valence-corrected chi connectivity index (χ0v) is 20.5. The van der Waals surface area contributed by atoms with Crippen LogP contribution in [0.4, 0.5) is 0 Å². The molecule has 184 valence electrons. The number of benzene rings is 1. The molecule has 7 nitrogen and oxygen atoms in total. The lowest BCUT2D eigenvalue weighted by atomic mass is 9.95. The van der Waals surface area contributed by atoms with E-state index >= 15 is 0 Å². The van der Waals surface area contributed by atoms with E-state index in [9.17, 15) is 14.4 Å². The molecule has 35 heavy (non-hydrogen) atoms. The summed E-state index contributed by atoms with van der Waals surface area (Å²) in [6.45, 7) is 0.118. The second kappa shape index (κ2) is 12.4. The van der Waals surface area contributed by atoms with Gasteiger partial charge in [0.05, 0.1) is 12.8 Å². The van der Waals surface area contributed by atoms with Crippen LogP contribution in [-0.4, -0.2) is 41.8 Å². The van der Waals surface area contributed by atoms with Crippen LogP contribution in [0.5, 0.6) is 0 Å². The van der Waals surface area contributed by atoms with E-state index in [1.165, 1.54) is 24.0 Å². The summed E-state index contributed by atoms with van der Waals surface area (Å²) in [6.07, 6.45) is 7.31. The number of furan rings is 1. The first-order chi connectivity index (χ1) is 17.1. The number of thiophene rings is 1. The van der Waals surface area contributed by atoms with Gasteiger partial charge in [-0.05, 0) is 48.4 Å². The SMILES string of the molecule is O=C(NCC(=O)N(CCc1ccccc1)[C@H](C(=O)NC1CCCCC1)c1cccs1)c1ccco1. The van der Waals surface area contributed by atoms with E-state index < -0.39 is 11.9 Å². The Kier molecular flexibility index (Phi) is 8.73. The first-order valence-corrected chi connectivity index (χ1v) is 13.0. The zero-order valence-electron chi connectivity index (χ0n) is 19.7. The van der Waals surface area contributed by atoms with Crippen molar-refractivity contribution in [2.45, 2.75) is 50.6 Å². The number of carbonyl (C=O) groups is 3. The summed E-state index contributed by atoms with van der Waals surface area (Å²) in [6, 6.07) is 16.2. The van der Waals surface area contributed by atoms with Crippen LogP contribution in [0.15, 0.2) is 70.7 Å². The largest absolute Gasteiger partial charge is 0.459 e. The molecule has 0 saturated heterocycles. The van der Waals surface area contributed by atoms with E-state index in [-0.39, 0.29) is 30.2 Å². The van der Waals surface area contributed by atoms with Gasteiger partial charge < -0.3 is 20.0 Å². The molecule has 1 saturated carbocycles. The molecule has 1 aliphatic rings. The Morgan fingerprint density at radius 2 is 1.80 bits per heavy atom. The van der Waals surface area contributed by atoms with Gasteiger partial charge in [0.2, 0.25) is 11.8 Å². The van der Waals surface area contributed by atoms with Gasteiger partial charge in [0.1, 0.15) is 6.04 Å². The monoisotopic (exact) mass is 493 g/mol. The van der Waals surface area contributed by atoms with Crippen LogP contribution < -0.4 is 10.6 Å². The Labute approximate surface area is 209 Å². The topological polar surface area (TPSA) is 91.7 Å². The minimum absolute atomic E-state index is 0.128. The fourth-order valence-electron chi connectivity index (χ4n) is 4.44. The second-order valence-corrected chi connectivity index (χ2v) is 9.72. The Bertz CT molecular complexity index is 1080. The molecule has 0 aliphatic heterocycles. The normalized spacial score (nSPS) is 14.7. The highest BCUT2D eigenvalue weighted by molar-refractivity contribution is 7.10. The van der Waals surface area contributed by atoms with Crippen LogP contribution in [-0.2, 0) is 16.0 Å². The molecule has 0 radical (unpaired) electrons. The first-order valence-electron chi connectivity index (χ1n) is 12.1. The molecule has 1 atom stereocenters. The van der Waals surface area contributed by atoms with Gasteiger partial charge in [-0.1, -0.05) is 55.7 Å². The van der Waals surface area contributed by atoms with Crippen molar-refractivity contribution in [3.8, 4) is 0 Å². The molecule has 2 aromatic heterocycles. The number of hydrogen-bond acceptors (Lipinski definition) is 5. The van der Waals surface area contributed by atoms with Crippen molar-refractivity contribution in [1.82, 2.24) is 15.5 Å². The molecule has 0 unspecified atom stereocenters. The number of rotatable bonds is 10. The summed E-state index contributed by atoms with van der Waals surface area (Å²) in [5, 5.41) is 7.74. The van der Waals surface area contributed by atoms with Gasteiger partial charge in [0.25, 0.3) is 5.91 Å². The average molecular weight is 494 g/mol. The van der Waals surface area contributed by atoms with E-state index in [1.807, 2.05) is 47.8 Å². The molecular weight excluding hydrogens is 462 g/mol. The second-order valence-electron chi connectivity index (χ2n) is 8.74. The highest BCUT2D eigenvalue weighted by atomic mass is 32.1. The standard InChI is InChI=1S/C27H31N3O4S/c31-24(19-28-26(32)22-13-7-17-34-22)30(16-15-20-9-3-1-4-10-20)25(23-14-8-18-35-23)27(33)29-21-11-5-2-6-12-21/h1,3-4,7-10,13-14,17-18,21,25H,2,5-6,11-12,15-16,19H2,(H,28,32)(H,29,33)/t25-/m0/s1. The molecule has 4 rings (SSSR count). The van der Waals surface area contributed by atoms with Crippen LogP contribution in [0.3, 0.4) is 0 Å². The van der Waals surface area contributed by atoms with Crippen molar-refractivity contribution in [2.75, 3.05) is 13.1 Å². The maximum atomic E-state index is 13.6. The van der Waals surface area contributed by atoms with Crippen LogP contribution in [0.2, 0.25) is 0 Å². The van der Waals surface area contributed by atoms with Gasteiger partial charge in [-0.3, -0.25) is 14.4 Å². The molecule has 3 aromatic rings. The highest BCUT2D eigenvalue weighted by Crippen LogP contribution is 2.27. The van der Waals surface area contributed by atoms with E-state index in [1.54, 1.807) is 17.0 Å². The lowest BCUT2D eigenvalue weighted by molar-refractivity contribution is -0.140. The van der Waals surface area contributed by atoms with Gasteiger partial charge >= 0.3 is 0 Å². The third kappa shape index (κ3) is 6.82. The zero-order chi connectivity index (χ0) is 24.5. The Hall–Kier alpha value is -3.39. The van der Waals surface area contributed by atoms with Crippen molar-refractivity contribution >= 4 is 29.1 Å². The lowest BCUT2D eigenvalue weighted by Crippen LogP contribution is -2.49. The predicted molar refractivity (Wildman–Crippen MR) is 135 cm³/mol. The summed E-state index contributed by atoms with van der Waals surface area (Å²) < 4.78 is 5.12. The van der Waals surface area contributed by atoms with E-state index in [0.717, 1.165) is 36.1 Å². The number of nitrogens with one attached hydrogen (secondary N) is 2. The highest BCUT2D eigenvalue weighted by Gasteiger charge is 2.33. The molecule has 8 heteroatoms. The van der Waals surface area contributed by atoms with Crippen molar-refractivity contribution in [3.63, 3.8) is 0 Å². The van der Waals surface area contributed by atoms with Crippen molar-refractivity contribution in [2.24, 2.45) is 0 Å². The van der Waals surface area contributed by atoms with Gasteiger partial charge in [-0.25, -0.2) is 0 Å². The Balaban J connectivity index is 1.54. The number of amides is 3. The molecule has 2 N–H and O–H groups in total. The minimum Gasteiger partial charge on any atom is -0.459 e. The summed E-state index contributed by atoms with van der Waals surface area (Å²) in [5.41, 5.74) is 1.07. The quantitative estimate of drug-likeness (QED) is 0.440. The molecule has 1 fully saturated rings. The van der Waals surface area contributed by atoms with E-state index in [0.29, 0.717) is 13.0 Å². The van der Waals surface area contributed by atoms with Crippen molar-refractivity contribution in [3.05, 3.63) is 82.4 Å². The van der Waals surface area contributed by atoms with E-state index in [4.69, 9.17) is 4.42 Å². The Morgan fingerprint density at radius 1 is 1.00 bits per heavy atom. The predicted octanol–water partition coefficient (Wildman–Crippen LogP) is 4.33. The van der Waals surface area contributed by atoms with Crippen LogP contribution in [0.1, 0.15) is 59.1 Å². The number of hydrogen-bond donors (Lipinski definition) is 2. The molecule has 0 bridgehead atoms. The summed E-state index contributed by atoms with van der Waals surface area (Å²) >= 11 is 1.45. The molecule has 1 aromatic carbocycles. The van der Waals surface area contributed by atoms with Gasteiger partial charge in [0, 0.05) is 17.5 Å². The molecular formula is C27H31N3O4S.